The minimum absolute atomic E-state index is 0.0198. The Bertz CT molecular complexity index is 817. The number of nitrogens with zero attached hydrogens (tertiary/aromatic N) is 1. The van der Waals surface area contributed by atoms with E-state index in [0.717, 1.165) is 5.56 Å². The highest BCUT2D eigenvalue weighted by atomic mass is 35.5. The fourth-order valence-corrected chi connectivity index (χ4v) is 4.50. The Kier molecular flexibility index (Phi) is 7.66. The number of nitrogens with one attached hydrogen (secondary N) is 2. The number of rotatable bonds is 7. The van der Waals surface area contributed by atoms with Gasteiger partial charge in [0.15, 0.2) is 5.11 Å². The maximum Gasteiger partial charge on any atom is 0.308 e. The van der Waals surface area contributed by atoms with Crippen molar-refractivity contribution in [1.82, 2.24) is 15.5 Å². The van der Waals surface area contributed by atoms with Gasteiger partial charge in [0.1, 0.15) is 0 Å². The quantitative estimate of drug-likeness (QED) is 0.489. The molecule has 0 bridgehead atoms. The zero-order chi connectivity index (χ0) is 21.7. The van der Waals surface area contributed by atoms with Crippen molar-refractivity contribution < 1.29 is 19.1 Å². The van der Waals surface area contributed by atoms with Crippen LogP contribution in [-0.4, -0.2) is 47.5 Å². The number of ether oxygens (including phenoxy) is 1. The van der Waals surface area contributed by atoms with Gasteiger partial charge in [0.05, 0.1) is 18.9 Å². The van der Waals surface area contributed by atoms with Crippen molar-refractivity contribution in [2.24, 2.45) is 11.8 Å². The second kappa shape index (κ2) is 10.2. The number of hydrogen-bond donors (Lipinski definition) is 2. The second-order valence-corrected chi connectivity index (χ2v) is 8.52. The molecule has 1 heterocycles. The Morgan fingerprint density at radius 1 is 1.30 bits per heavy atom. The van der Waals surface area contributed by atoms with Crippen LogP contribution in [0.15, 0.2) is 24.3 Å². The zero-order valence-electron chi connectivity index (χ0n) is 16.9. The van der Waals surface area contributed by atoms with Crippen molar-refractivity contribution >= 4 is 46.7 Å². The number of esters is 1. The topological polar surface area (TPSA) is 87.7 Å². The van der Waals surface area contributed by atoms with Crippen molar-refractivity contribution in [3.8, 4) is 0 Å². The van der Waals surface area contributed by atoms with Crippen molar-refractivity contribution in [1.29, 1.82) is 0 Å². The lowest BCUT2D eigenvalue weighted by molar-refractivity contribution is -0.149. The van der Waals surface area contributed by atoms with E-state index in [1.54, 1.807) is 17.0 Å². The molecule has 3 atom stereocenters. The van der Waals surface area contributed by atoms with Crippen LogP contribution in [0, 0.1) is 11.8 Å². The second-order valence-electron chi connectivity index (χ2n) is 7.69. The molecule has 3 unspecified atom stereocenters. The molecular weight excluding hydrogens is 426 g/mol. The number of hydrogen-bond acceptors (Lipinski definition) is 5. The Morgan fingerprint density at radius 2 is 2.03 bits per heavy atom. The van der Waals surface area contributed by atoms with E-state index in [1.165, 1.54) is 7.11 Å². The summed E-state index contributed by atoms with van der Waals surface area (Å²) in [6, 6.07) is 7.16. The minimum Gasteiger partial charge on any atom is -0.469 e. The number of thiocarbonyl (C=S) groups is 1. The van der Waals surface area contributed by atoms with Gasteiger partial charge in [-0.1, -0.05) is 23.7 Å². The van der Waals surface area contributed by atoms with Gasteiger partial charge in [-0.05, 0) is 55.6 Å². The van der Waals surface area contributed by atoms with Crippen LogP contribution in [0.25, 0.3) is 0 Å². The van der Waals surface area contributed by atoms with Crippen LogP contribution >= 0.6 is 23.8 Å². The molecule has 30 heavy (non-hydrogen) atoms. The molecule has 162 valence electrons. The van der Waals surface area contributed by atoms with Gasteiger partial charge in [-0.2, -0.15) is 0 Å². The molecule has 1 saturated heterocycles. The summed E-state index contributed by atoms with van der Waals surface area (Å²) in [5, 5.41) is 7.10. The van der Waals surface area contributed by atoms with E-state index in [4.69, 9.17) is 28.6 Å². The minimum atomic E-state index is -0.236. The SMILES string of the molecule is COC(=O)C1CCC2C(=O)N(CCCC(=O)NCc3ccc(Cl)cc3)C(=S)NC2C1. The summed E-state index contributed by atoms with van der Waals surface area (Å²) in [7, 11) is 1.38. The van der Waals surface area contributed by atoms with E-state index in [9.17, 15) is 14.4 Å². The molecule has 2 fully saturated rings. The first-order chi connectivity index (χ1) is 14.4. The van der Waals surface area contributed by atoms with Crippen molar-refractivity contribution in [2.45, 2.75) is 44.7 Å². The molecule has 2 N–H and O–H groups in total. The summed E-state index contributed by atoms with van der Waals surface area (Å²) in [5.74, 6) is -0.731. The normalized spacial score (nSPS) is 23.4. The fraction of sp³-hybridized carbons (Fsp3) is 0.524. The number of methoxy groups -OCH3 is 1. The lowest BCUT2D eigenvalue weighted by Crippen LogP contribution is -2.61. The molecule has 1 aliphatic carbocycles. The summed E-state index contributed by atoms with van der Waals surface area (Å²) >= 11 is 11.2. The van der Waals surface area contributed by atoms with Gasteiger partial charge in [-0.3, -0.25) is 19.3 Å². The summed E-state index contributed by atoms with van der Waals surface area (Å²) in [5.41, 5.74) is 0.970. The van der Waals surface area contributed by atoms with Gasteiger partial charge in [-0.25, -0.2) is 0 Å². The van der Waals surface area contributed by atoms with Crippen LogP contribution in [0.2, 0.25) is 5.02 Å². The van der Waals surface area contributed by atoms with Gasteiger partial charge in [0.2, 0.25) is 11.8 Å². The summed E-state index contributed by atoms with van der Waals surface area (Å²) < 4.78 is 4.83. The average Bonchev–Trinajstić information content (AvgIpc) is 2.74. The Morgan fingerprint density at radius 3 is 2.73 bits per heavy atom. The average molecular weight is 452 g/mol. The summed E-state index contributed by atoms with van der Waals surface area (Å²) in [4.78, 5) is 38.4. The van der Waals surface area contributed by atoms with Crippen LogP contribution < -0.4 is 10.6 Å². The fourth-order valence-electron chi connectivity index (χ4n) is 4.04. The summed E-state index contributed by atoms with van der Waals surface area (Å²) in [6.07, 6.45) is 2.62. The maximum atomic E-state index is 12.9. The van der Waals surface area contributed by atoms with E-state index in [0.29, 0.717) is 55.3 Å². The Balaban J connectivity index is 1.44. The number of benzene rings is 1. The highest BCUT2D eigenvalue weighted by molar-refractivity contribution is 7.80. The molecular formula is C21H26ClN3O4S. The Labute approximate surface area is 186 Å². The van der Waals surface area contributed by atoms with E-state index in [-0.39, 0.29) is 35.7 Å². The molecule has 9 heteroatoms. The first-order valence-corrected chi connectivity index (χ1v) is 10.9. The van der Waals surface area contributed by atoms with Gasteiger partial charge in [0.25, 0.3) is 0 Å². The van der Waals surface area contributed by atoms with Gasteiger partial charge < -0.3 is 15.4 Å². The van der Waals surface area contributed by atoms with E-state index >= 15 is 0 Å². The van der Waals surface area contributed by atoms with Crippen LogP contribution in [0.4, 0.5) is 0 Å². The number of amides is 2. The third-order valence-corrected chi connectivity index (χ3v) is 6.30. The molecule has 0 aromatic heterocycles. The maximum absolute atomic E-state index is 12.9. The molecule has 1 aromatic carbocycles. The monoisotopic (exact) mass is 451 g/mol. The van der Waals surface area contributed by atoms with Crippen LogP contribution in [0.3, 0.4) is 0 Å². The molecule has 2 aliphatic rings. The molecule has 3 rings (SSSR count). The molecule has 0 spiro atoms. The summed E-state index contributed by atoms with van der Waals surface area (Å²) in [6.45, 7) is 0.826. The van der Waals surface area contributed by atoms with Gasteiger partial charge in [-0.15, -0.1) is 0 Å². The van der Waals surface area contributed by atoms with Crippen molar-refractivity contribution in [3.05, 3.63) is 34.9 Å². The van der Waals surface area contributed by atoms with Crippen LogP contribution in [0.5, 0.6) is 0 Å². The number of halogens is 1. The molecule has 1 saturated carbocycles. The molecule has 7 nitrogen and oxygen atoms in total. The van der Waals surface area contributed by atoms with E-state index in [1.807, 2.05) is 12.1 Å². The third kappa shape index (κ3) is 5.49. The van der Waals surface area contributed by atoms with Gasteiger partial charge >= 0.3 is 5.97 Å². The predicted octanol–water partition coefficient (Wildman–Crippen LogP) is 2.41. The molecule has 1 aromatic rings. The number of carbonyl (C=O) groups is 3. The largest absolute Gasteiger partial charge is 0.469 e. The highest BCUT2D eigenvalue weighted by Gasteiger charge is 2.44. The smallest absolute Gasteiger partial charge is 0.308 e. The number of carbonyl (C=O) groups excluding carboxylic acids is 3. The Hall–Kier alpha value is -2.19. The first-order valence-electron chi connectivity index (χ1n) is 10.1. The zero-order valence-corrected chi connectivity index (χ0v) is 18.4. The van der Waals surface area contributed by atoms with Crippen LogP contribution in [-0.2, 0) is 25.7 Å². The lowest BCUT2D eigenvalue weighted by Gasteiger charge is -2.43. The standard InChI is InChI=1S/C21H26ClN3O4S/c1-29-20(28)14-6-9-16-17(11-14)24-21(30)25(19(16)27)10-2-3-18(26)23-12-13-4-7-15(22)8-5-13/h4-5,7-8,14,16-17H,2-3,6,9-12H2,1H3,(H,23,26)(H,24,30). The first kappa shape index (κ1) is 22.5. The predicted molar refractivity (Wildman–Crippen MR) is 117 cm³/mol. The molecule has 2 amide bonds. The highest BCUT2D eigenvalue weighted by Crippen LogP contribution is 2.33. The number of fused-ring (bicyclic) bond motifs is 1. The molecule has 0 radical (unpaired) electrons. The lowest BCUT2D eigenvalue weighted by atomic mass is 9.76. The van der Waals surface area contributed by atoms with Crippen LogP contribution in [0.1, 0.15) is 37.7 Å². The molecule has 1 aliphatic heterocycles. The van der Waals surface area contributed by atoms with Gasteiger partial charge in [0, 0.05) is 30.6 Å². The van der Waals surface area contributed by atoms with Crippen molar-refractivity contribution in [3.63, 3.8) is 0 Å². The third-order valence-electron chi connectivity index (χ3n) is 5.71. The van der Waals surface area contributed by atoms with E-state index in [2.05, 4.69) is 10.6 Å². The van der Waals surface area contributed by atoms with E-state index < -0.39 is 0 Å². The van der Waals surface area contributed by atoms with Crippen molar-refractivity contribution in [2.75, 3.05) is 13.7 Å².